The van der Waals surface area contributed by atoms with E-state index in [9.17, 15) is 18.7 Å². The molecule has 3 unspecified atom stereocenters. The Labute approximate surface area is 204 Å². The number of hydrogen-bond acceptors (Lipinski definition) is 4. The summed E-state index contributed by atoms with van der Waals surface area (Å²) in [4.78, 5) is 19.4. The third-order valence-corrected chi connectivity index (χ3v) is 6.60. The average molecular weight is 483 g/mol. The number of amides is 1. The molecule has 0 fully saturated rings. The first kappa shape index (κ1) is 25.0. The van der Waals surface area contributed by atoms with Crippen molar-refractivity contribution in [1.82, 2.24) is 20.6 Å². The summed E-state index contributed by atoms with van der Waals surface area (Å²) >= 11 is 0. The summed E-state index contributed by atoms with van der Waals surface area (Å²) < 4.78 is 27.5. The predicted octanol–water partition coefficient (Wildman–Crippen LogP) is 3.55. The molecule has 1 amide bonds. The van der Waals surface area contributed by atoms with Crippen LogP contribution in [0.4, 0.5) is 8.78 Å². The molecule has 1 aliphatic rings. The maximum atomic E-state index is 13.8. The third kappa shape index (κ3) is 6.74. The number of rotatable bonds is 10. The summed E-state index contributed by atoms with van der Waals surface area (Å²) in [5, 5.41) is 17.4. The van der Waals surface area contributed by atoms with Crippen LogP contribution in [0.25, 0.3) is 0 Å². The molecule has 0 saturated heterocycles. The maximum absolute atomic E-state index is 13.8. The summed E-state index contributed by atoms with van der Waals surface area (Å²) in [5.41, 5.74) is 4.85. The lowest BCUT2D eigenvalue weighted by atomic mass is 9.86. The molecule has 8 heteroatoms. The van der Waals surface area contributed by atoms with Crippen LogP contribution in [0.3, 0.4) is 0 Å². The highest BCUT2D eigenvalue weighted by Gasteiger charge is 2.26. The van der Waals surface area contributed by atoms with Gasteiger partial charge in [0.25, 0.3) is 0 Å². The van der Waals surface area contributed by atoms with E-state index in [0.717, 1.165) is 31.7 Å². The quantitative estimate of drug-likeness (QED) is 0.356. The van der Waals surface area contributed by atoms with E-state index >= 15 is 0 Å². The Morgan fingerprint density at radius 2 is 2.00 bits per heavy atom. The van der Waals surface area contributed by atoms with Gasteiger partial charge in [0.2, 0.25) is 5.91 Å². The van der Waals surface area contributed by atoms with Crippen LogP contribution in [0.5, 0.6) is 0 Å². The largest absolute Gasteiger partial charge is 0.390 e. The van der Waals surface area contributed by atoms with Gasteiger partial charge < -0.3 is 20.7 Å². The molecule has 1 heterocycles. The van der Waals surface area contributed by atoms with Crippen molar-refractivity contribution in [2.45, 2.75) is 63.6 Å². The SMILES string of the molecule is CCc1ccc2c(c1)C(NCC(O)C(Cc1cc(F)cc(F)c1)NC(=O)Cc1cnc[nH]1)CCC2. The van der Waals surface area contributed by atoms with Crippen molar-refractivity contribution in [3.8, 4) is 0 Å². The number of aliphatic hydroxyl groups is 1. The smallest absolute Gasteiger partial charge is 0.226 e. The van der Waals surface area contributed by atoms with E-state index in [4.69, 9.17) is 0 Å². The van der Waals surface area contributed by atoms with Gasteiger partial charge in [-0.25, -0.2) is 13.8 Å². The summed E-state index contributed by atoms with van der Waals surface area (Å²) in [6.45, 7) is 2.36. The molecule has 1 aliphatic carbocycles. The number of carbonyl (C=O) groups is 1. The Hall–Kier alpha value is -3.10. The third-order valence-electron chi connectivity index (χ3n) is 6.60. The molecule has 0 aliphatic heterocycles. The molecular weight excluding hydrogens is 450 g/mol. The lowest BCUT2D eigenvalue weighted by Gasteiger charge is -2.30. The van der Waals surface area contributed by atoms with E-state index in [1.165, 1.54) is 35.2 Å². The van der Waals surface area contributed by atoms with Crippen LogP contribution in [0, 0.1) is 11.6 Å². The minimum absolute atomic E-state index is 0.0595. The van der Waals surface area contributed by atoms with Crippen LogP contribution in [0.2, 0.25) is 0 Å². The highest BCUT2D eigenvalue weighted by atomic mass is 19.1. The number of aliphatic hydroxyl groups excluding tert-OH is 1. The Balaban J connectivity index is 1.46. The van der Waals surface area contributed by atoms with Gasteiger partial charge in [0, 0.05) is 30.5 Å². The topological polar surface area (TPSA) is 90.0 Å². The number of carbonyl (C=O) groups excluding carboxylic acids is 1. The number of benzene rings is 2. The van der Waals surface area contributed by atoms with Crippen molar-refractivity contribution in [3.63, 3.8) is 0 Å². The Morgan fingerprint density at radius 3 is 2.71 bits per heavy atom. The number of fused-ring (bicyclic) bond motifs is 1. The monoisotopic (exact) mass is 482 g/mol. The van der Waals surface area contributed by atoms with E-state index < -0.39 is 23.8 Å². The van der Waals surface area contributed by atoms with Gasteiger partial charge in [-0.15, -0.1) is 0 Å². The van der Waals surface area contributed by atoms with Gasteiger partial charge in [0.05, 0.1) is 24.9 Å². The van der Waals surface area contributed by atoms with Crippen LogP contribution >= 0.6 is 0 Å². The fourth-order valence-electron chi connectivity index (χ4n) is 4.76. The molecule has 186 valence electrons. The number of H-pyrrole nitrogens is 1. The molecule has 4 rings (SSSR count). The van der Waals surface area contributed by atoms with Gasteiger partial charge in [-0.1, -0.05) is 25.1 Å². The molecule has 4 N–H and O–H groups in total. The van der Waals surface area contributed by atoms with Crippen LogP contribution in [-0.4, -0.2) is 39.7 Å². The number of aromatic nitrogens is 2. The van der Waals surface area contributed by atoms with Crippen LogP contribution < -0.4 is 10.6 Å². The standard InChI is InChI=1S/C27H32F2N4O2/c1-2-17-6-7-19-4-3-5-24(23(19)10-17)31-15-26(34)25(11-18-8-20(28)12-21(29)9-18)33-27(35)13-22-14-30-16-32-22/h6-10,12,14,16,24-26,31,34H,2-5,11,13,15H2,1H3,(H,30,32)(H,33,35). The highest BCUT2D eigenvalue weighted by Crippen LogP contribution is 2.30. The molecular formula is C27H32F2N4O2. The second kappa shape index (κ2) is 11.6. The Morgan fingerprint density at radius 1 is 1.20 bits per heavy atom. The first-order chi connectivity index (χ1) is 16.9. The van der Waals surface area contributed by atoms with E-state index in [2.05, 4.69) is 45.7 Å². The fourth-order valence-corrected chi connectivity index (χ4v) is 4.76. The minimum atomic E-state index is -0.966. The summed E-state index contributed by atoms with van der Waals surface area (Å²) in [5.74, 6) is -1.70. The molecule has 1 aromatic heterocycles. The maximum Gasteiger partial charge on any atom is 0.226 e. The summed E-state index contributed by atoms with van der Waals surface area (Å²) in [6, 6.07) is 9.21. The number of hydrogen-bond donors (Lipinski definition) is 4. The van der Waals surface area contributed by atoms with Crippen molar-refractivity contribution in [1.29, 1.82) is 0 Å². The summed E-state index contributed by atoms with van der Waals surface area (Å²) in [6.07, 6.45) is 6.23. The van der Waals surface area contributed by atoms with Gasteiger partial charge in [-0.05, 0) is 66.5 Å². The van der Waals surface area contributed by atoms with Crippen molar-refractivity contribution >= 4 is 5.91 Å². The number of halogens is 2. The molecule has 6 nitrogen and oxygen atoms in total. The van der Waals surface area contributed by atoms with E-state index in [1.54, 1.807) is 6.20 Å². The van der Waals surface area contributed by atoms with Gasteiger partial charge in [-0.2, -0.15) is 0 Å². The zero-order chi connectivity index (χ0) is 24.8. The van der Waals surface area contributed by atoms with Gasteiger partial charge in [0.1, 0.15) is 11.6 Å². The van der Waals surface area contributed by atoms with Crippen molar-refractivity contribution in [2.24, 2.45) is 0 Å². The molecule has 2 aromatic carbocycles. The van der Waals surface area contributed by atoms with Gasteiger partial charge >= 0.3 is 0 Å². The first-order valence-corrected chi connectivity index (χ1v) is 12.2. The zero-order valence-corrected chi connectivity index (χ0v) is 19.9. The Kier molecular flexibility index (Phi) is 8.25. The van der Waals surface area contributed by atoms with E-state index in [-0.39, 0.29) is 31.3 Å². The zero-order valence-electron chi connectivity index (χ0n) is 19.9. The molecule has 35 heavy (non-hydrogen) atoms. The second-order valence-corrected chi connectivity index (χ2v) is 9.22. The number of imidazole rings is 1. The van der Waals surface area contributed by atoms with Crippen LogP contribution in [-0.2, 0) is 30.5 Å². The number of aryl methyl sites for hydroxylation is 2. The van der Waals surface area contributed by atoms with Crippen LogP contribution in [0.1, 0.15) is 53.8 Å². The molecule has 0 spiro atoms. The van der Waals surface area contributed by atoms with Crippen molar-refractivity contribution in [2.75, 3.05) is 6.54 Å². The predicted molar refractivity (Wildman–Crippen MR) is 130 cm³/mol. The highest BCUT2D eigenvalue weighted by molar-refractivity contribution is 5.78. The second-order valence-electron chi connectivity index (χ2n) is 9.22. The molecule has 0 bridgehead atoms. The minimum Gasteiger partial charge on any atom is -0.390 e. The van der Waals surface area contributed by atoms with Crippen LogP contribution in [0.15, 0.2) is 48.9 Å². The number of aromatic amines is 1. The normalized spacial score (nSPS) is 17.0. The fraction of sp³-hybridized carbons (Fsp3) is 0.407. The van der Waals surface area contributed by atoms with Crippen molar-refractivity contribution in [3.05, 3.63) is 88.5 Å². The lowest BCUT2D eigenvalue weighted by Crippen LogP contribution is -2.49. The molecule has 0 saturated carbocycles. The van der Waals surface area contributed by atoms with Gasteiger partial charge in [-0.3, -0.25) is 4.79 Å². The lowest BCUT2D eigenvalue weighted by molar-refractivity contribution is -0.122. The molecule has 3 atom stereocenters. The number of nitrogens with zero attached hydrogens (tertiary/aromatic N) is 1. The number of nitrogens with one attached hydrogen (secondary N) is 3. The van der Waals surface area contributed by atoms with Gasteiger partial charge in [0.15, 0.2) is 0 Å². The van der Waals surface area contributed by atoms with E-state index in [1.807, 2.05) is 0 Å². The molecule has 3 aromatic rings. The molecule has 0 radical (unpaired) electrons. The Bertz CT molecular complexity index is 1120. The van der Waals surface area contributed by atoms with E-state index in [0.29, 0.717) is 11.3 Å². The first-order valence-electron chi connectivity index (χ1n) is 12.2. The average Bonchev–Trinajstić information content (AvgIpc) is 3.34. The summed E-state index contributed by atoms with van der Waals surface area (Å²) in [7, 11) is 0. The van der Waals surface area contributed by atoms with Crippen molar-refractivity contribution < 1.29 is 18.7 Å².